The molecule has 8 rings (SSSR count). The van der Waals surface area contributed by atoms with Gasteiger partial charge >= 0.3 is 48.3 Å². The minimum absolute atomic E-state index is 0.0314. The highest BCUT2D eigenvalue weighted by Gasteiger charge is 2.27. The maximum atomic E-state index is 12.6. The average Bonchev–Trinajstić information content (AvgIpc) is 0.747. The summed E-state index contributed by atoms with van der Waals surface area (Å²) in [5, 5.41) is 12.8. The monoisotopic (exact) mass is 1700 g/mol. The van der Waals surface area contributed by atoms with Crippen LogP contribution in [-0.2, 0) is 77.3 Å². The zero-order chi connectivity index (χ0) is 87.6. The van der Waals surface area contributed by atoms with Gasteiger partial charge in [0.15, 0.2) is 26.3 Å². The standard InChI is InChI=1S/C45H56N4O12S.C41H48N4O12S/c1-7-9-21-48(23-27-59-44(52)46-19-25-57-42(50)31(3)4)33-15-17-35-38(29-33)61-39-30-34(16-18-36(39)41(35)37-13-11-12-14-40(37)62(54,55)56)49(22-10-8-2)24-28-60-45(53)47-20-26-58-43(51)32(5)6;1-7-44(19-23-55-40(48)42-17-21-53-38(46)27(3)4)29-13-15-31-34(25-29)57-35-26-30(14-16-32(35)37(31)33-11-9-10-12-36(33)58(50,51)52)45(8-2)20-24-56-41(49)43-18-22-54-39(47)28(5)6/h11-18,29-30H,3,5,7-10,19-28H2,1-2,4,6H3,(H2-,46,47,52,53,54,55,56);9-16,25-26H,3,5,7-8,17-24H2,1-2,4,6H3,(H2-,42,43,48,49,50,51,52). The van der Waals surface area contributed by atoms with Gasteiger partial charge < -0.3 is 86.9 Å². The number of nitrogens with zero attached hydrogens (tertiary/aromatic N) is 4. The van der Waals surface area contributed by atoms with E-state index >= 15 is 0 Å². The van der Waals surface area contributed by atoms with E-state index in [-0.39, 0.29) is 122 Å². The maximum absolute atomic E-state index is 12.6. The molecule has 4 amide bonds. The van der Waals surface area contributed by atoms with E-state index in [4.69, 9.17) is 46.7 Å². The molecule has 0 saturated carbocycles. The topological polar surface area (TPSA) is 412 Å². The molecular weight excluding hydrogens is 1590 g/mol. The molecule has 0 aromatic heterocycles. The van der Waals surface area contributed by atoms with Gasteiger partial charge in [0.1, 0.15) is 95.7 Å². The first kappa shape index (κ1) is 94.7. The predicted octanol–water partition coefficient (Wildman–Crippen LogP) is 10.4. The van der Waals surface area contributed by atoms with Gasteiger partial charge in [0.25, 0.3) is 0 Å². The Hall–Kier alpha value is -12.4. The highest BCUT2D eigenvalue weighted by molar-refractivity contribution is 7.86. The second-order valence-corrected chi connectivity index (χ2v) is 30.0. The predicted molar refractivity (Wildman–Crippen MR) is 449 cm³/mol. The molecule has 2 aliphatic heterocycles. The second-order valence-electron chi connectivity index (χ2n) is 27.3. The first-order valence-corrected chi connectivity index (χ1v) is 41.8. The first-order chi connectivity index (χ1) is 57.3. The van der Waals surface area contributed by atoms with E-state index in [9.17, 15) is 64.3 Å². The van der Waals surface area contributed by atoms with Crippen molar-refractivity contribution in [3.63, 3.8) is 0 Å². The van der Waals surface area contributed by atoms with Crippen LogP contribution in [0.3, 0.4) is 0 Å². The number of anilines is 2. The number of amides is 4. The molecule has 4 aliphatic rings. The van der Waals surface area contributed by atoms with Crippen LogP contribution >= 0.6 is 0 Å². The summed E-state index contributed by atoms with van der Waals surface area (Å²) in [5.41, 5.74) is 5.85. The highest BCUT2D eigenvalue weighted by atomic mass is 32.2. The number of carbonyl (C=O) groups is 8. The zero-order valence-electron chi connectivity index (χ0n) is 68.7. The molecular formula is C86H104N8O24S2. The average molecular weight is 1700 g/mol. The van der Waals surface area contributed by atoms with Crippen molar-refractivity contribution in [1.29, 1.82) is 0 Å². The van der Waals surface area contributed by atoms with Gasteiger partial charge in [-0.1, -0.05) is 89.4 Å². The van der Waals surface area contributed by atoms with E-state index in [1.807, 2.05) is 81.3 Å². The molecule has 644 valence electrons. The molecule has 0 spiro atoms. The van der Waals surface area contributed by atoms with Crippen molar-refractivity contribution in [2.45, 2.75) is 90.9 Å². The van der Waals surface area contributed by atoms with Crippen LogP contribution in [0, 0.1) is 0 Å². The first-order valence-electron chi connectivity index (χ1n) is 39.0. The molecule has 2 aliphatic carbocycles. The van der Waals surface area contributed by atoms with Crippen LogP contribution in [0.4, 0.5) is 30.6 Å². The van der Waals surface area contributed by atoms with Gasteiger partial charge in [0.05, 0.1) is 61.2 Å². The summed E-state index contributed by atoms with van der Waals surface area (Å²) < 4.78 is 134. The number of rotatable bonds is 42. The van der Waals surface area contributed by atoms with Gasteiger partial charge in [-0.25, -0.2) is 64.3 Å². The molecule has 4 N–H and O–H groups in total. The Balaban J connectivity index is 0.000000331. The highest BCUT2D eigenvalue weighted by Crippen LogP contribution is 2.45. The van der Waals surface area contributed by atoms with E-state index in [0.29, 0.717) is 108 Å². The third-order valence-corrected chi connectivity index (χ3v) is 20.0. The summed E-state index contributed by atoms with van der Waals surface area (Å²) in [4.78, 5) is 98.7. The lowest BCUT2D eigenvalue weighted by molar-refractivity contribution is -0.139. The number of likely N-dealkylation sites (N-methyl/N-ethyl adjacent to an activating group) is 2. The Bertz CT molecular complexity index is 5370. The summed E-state index contributed by atoms with van der Waals surface area (Å²) in [6.45, 7) is 32.0. The Morgan fingerprint density at radius 3 is 1.12 bits per heavy atom. The van der Waals surface area contributed by atoms with Crippen molar-refractivity contribution in [2.75, 3.05) is 141 Å². The molecule has 0 bridgehead atoms. The van der Waals surface area contributed by atoms with Crippen LogP contribution in [0.2, 0.25) is 0 Å². The van der Waals surface area contributed by atoms with Crippen molar-refractivity contribution < 1.29 is 111 Å². The third-order valence-electron chi connectivity index (χ3n) is 18.2. The van der Waals surface area contributed by atoms with Gasteiger partial charge in [-0.15, -0.1) is 0 Å². The van der Waals surface area contributed by atoms with Crippen molar-refractivity contribution in [1.82, 2.24) is 30.4 Å². The lowest BCUT2D eigenvalue weighted by atomic mass is 9.93. The largest absolute Gasteiger partial charge is 0.744 e. The summed E-state index contributed by atoms with van der Waals surface area (Å²) in [6.07, 6.45) is 0.777. The quantitative estimate of drug-likeness (QED) is 0.00525. The van der Waals surface area contributed by atoms with Crippen molar-refractivity contribution in [2.24, 2.45) is 0 Å². The normalized spacial score (nSPS) is 11.7. The van der Waals surface area contributed by atoms with Gasteiger partial charge in [-0.2, -0.15) is 0 Å². The number of alkyl carbamates (subject to hydrolysis) is 4. The number of hydrogen-bond donors (Lipinski definition) is 4. The number of fused-ring (bicyclic) bond motifs is 4. The second kappa shape index (κ2) is 46.7. The summed E-state index contributed by atoms with van der Waals surface area (Å²) >= 11 is 0. The summed E-state index contributed by atoms with van der Waals surface area (Å²) in [5.74, 6) is -1.39. The summed E-state index contributed by atoms with van der Waals surface area (Å²) in [6, 6.07) is 34.0. The van der Waals surface area contributed by atoms with Crippen LogP contribution in [0.1, 0.15) is 81.1 Å². The lowest BCUT2D eigenvalue weighted by Crippen LogP contribution is -2.36. The molecule has 32 nitrogen and oxygen atoms in total. The van der Waals surface area contributed by atoms with Crippen molar-refractivity contribution >= 4 is 102 Å². The fraction of sp³-hybridized carbons (Fsp3) is 0.372. The van der Waals surface area contributed by atoms with E-state index < -0.39 is 68.5 Å². The number of ether oxygens (including phenoxy) is 8. The van der Waals surface area contributed by atoms with Gasteiger partial charge in [0.2, 0.25) is 10.7 Å². The Labute approximate surface area is 697 Å². The molecule has 0 saturated heterocycles. The zero-order valence-corrected chi connectivity index (χ0v) is 70.4. The van der Waals surface area contributed by atoms with Crippen LogP contribution in [0.25, 0.3) is 66.8 Å². The van der Waals surface area contributed by atoms with E-state index in [0.717, 1.165) is 47.8 Å². The third kappa shape index (κ3) is 28.4. The fourth-order valence-electron chi connectivity index (χ4n) is 12.1. The molecule has 0 atom stereocenters. The lowest BCUT2D eigenvalue weighted by Gasteiger charge is -2.25. The van der Waals surface area contributed by atoms with Gasteiger partial charge in [0, 0.05) is 122 Å². The molecule has 34 heteroatoms. The smallest absolute Gasteiger partial charge is 0.407 e. The van der Waals surface area contributed by atoms with Crippen molar-refractivity contribution in [3.05, 3.63) is 181 Å². The Kier molecular flexibility index (Phi) is 36.8. The minimum atomic E-state index is -4.89. The molecule has 0 radical (unpaired) electrons. The molecule has 0 fully saturated rings. The number of benzene rings is 6. The maximum Gasteiger partial charge on any atom is 0.407 e. The molecule has 4 aromatic rings. The van der Waals surface area contributed by atoms with E-state index in [1.54, 1.807) is 48.5 Å². The van der Waals surface area contributed by atoms with E-state index in [2.05, 4.69) is 61.4 Å². The molecule has 2 heterocycles. The minimum Gasteiger partial charge on any atom is -0.744 e. The number of esters is 4. The van der Waals surface area contributed by atoms with Gasteiger partial charge in [-0.3, -0.25) is 0 Å². The Morgan fingerprint density at radius 2 is 0.758 bits per heavy atom. The number of carbonyl (C=O) groups excluding carboxylic acids is 8. The fourth-order valence-corrected chi connectivity index (χ4v) is 13.5. The van der Waals surface area contributed by atoms with Crippen LogP contribution < -0.4 is 50.9 Å². The number of nitrogens with one attached hydrogen (secondary N) is 4. The van der Waals surface area contributed by atoms with E-state index in [1.165, 1.54) is 52.0 Å². The Morgan fingerprint density at radius 1 is 0.400 bits per heavy atom. The summed E-state index contributed by atoms with van der Waals surface area (Å²) in [7, 11) is -9.76. The van der Waals surface area contributed by atoms with Crippen molar-refractivity contribution in [3.8, 4) is 44.9 Å². The van der Waals surface area contributed by atoms with Crippen LogP contribution in [0.5, 0.6) is 0 Å². The number of unbranched alkanes of at least 4 members (excludes halogenated alkanes) is 2. The molecule has 120 heavy (non-hydrogen) atoms. The van der Waals surface area contributed by atoms with Gasteiger partial charge in [-0.05, 0) is 96.5 Å². The molecule has 0 unspecified atom stereocenters. The SMILES string of the molecule is C=C(C)C(=O)OCCNC(=O)OCCN(CC)c1ccc2c(-c3ccccc3S(=O)(=O)[O-])c3ccc(=[N+](CC)CCOC(=O)NCCOC(=O)C(=C)C)cc-3oc2c1.C=C(C)C(=O)OCCNC(=O)OCCN(CCCC)c1ccc2c(-c3ccccc3S(=O)(=O)[O-])c3ccc(=[N+](CCCC)CCOC(=O)NCCOC(=O)C(=C)C)cc-3oc2c1. The van der Waals surface area contributed by atoms with Crippen LogP contribution in [0.15, 0.2) is 189 Å². The van der Waals surface area contributed by atoms with Crippen LogP contribution in [-0.4, -0.2) is 206 Å². The number of hydrogen-bond acceptors (Lipinski definition) is 26. The molecule has 4 aromatic carbocycles.